The van der Waals surface area contributed by atoms with Crippen LogP contribution >= 0.6 is 23.5 Å². The Balaban J connectivity index is 1.71. The predicted molar refractivity (Wildman–Crippen MR) is 89.3 cm³/mol. The summed E-state index contributed by atoms with van der Waals surface area (Å²) in [5.41, 5.74) is 1.83. The molecule has 1 saturated heterocycles. The minimum absolute atomic E-state index is 0.0481. The van der Waals surface area contributed by atoms with Crippen LogP contribution in [0.15, 0.2) is 24.8 Å². The molecule has 8 heteroatoms. The SMILES string of the molecule is Cc1ccc(CNC(=O)[C@H]2CSCCS2)c(-n2cncn2)n1. The van der Waals surface area contributed by atoms with Gasteiger partial charge in [0, 0.05) is 35.1 Å². The lowest BCUT2D eigenvalue weighted by Gasteiger charge is -2.20. The monoisotopic (exact) mass is 335 g/mol. The van der Waals surface area contributed by atoms with Crippen LogP contribution in [0.4, 0.5) is 0 Å². The van der Waals surface area contributed by atoms with Gasteiger partial charge in [-0.25, -0.2) is 14.6 Å². The third kappa shape index (κ3) is 3.61. The van der Waals surface area contributed by atoms with E-state index >= 15 is 0 Å². The van der Waals surface area contributed by atoms with Crippen LogP contribution in [0.3, 0.4) is 0 Å². The number of pyridine rings is 1. The normalized spacial score (nSPS) is 18.1. The zero-order valence-corrected chi connectivity index (χ0v) is 13.9. The molecule has 0 bridgehead atoms. The van der Waals surface area contributed by atoms with Crippen molar-refractivity contribution in [3.63, 3.8) is 0 Å². The predicted octanol–water partition coefficient (Wildman–Crippen LogP) is 1.44. The van der Waals surface area contributed by atoms with E-state index in [1.54, 1.807) is 22.8 Å². The summed E-state index contributed by atoms with van der Waals surface area (Å²) in [5, 5.41) is 7.19. The van der Waals surface area contributed by atoms with Crippen LogP contribution < -0.4 is 5.32 Å². The van der Waals surface area contributed by atoms with Gasteiger partial charge in [-0.3, -0.25) is 4.79 Å². The fraction of sp³-hybridized carbons (Fsp3) is 0.429. The Bertz CT molecular complexity index is 641. The maximum absolute atomic E-state index is 12.2. The van der Waals surface area contributed by atoms with Crippen LogP contribution in [0.5, 0.6) is 0 Å². The van der Waals surface area contributed by atoms with Gasteiger partial charge in [0.15, 0.2) is 5.82 Å². The van der Waals surface area contributed by atoms with Crippen molar-refractivity contribution in [2.75, 3.05) is 17.3 Å². The van der Waals surface area contributed by atoms with Crippen molar-refractivity contribution in [1.82, 2.24) is 25.1 Å². The number of hydrogen-bond donors (Lipinski definition) is 1. The average Bonchev–Trinajstić information content (AvgIpc) is 3.08. The van der Waals surface area contributed by atoms with E-state index < -0.39 is 0 Å². The molecule has 1 aliphatic rings. The highest BCUT2D eigenvalue weighted by Crippen LogP contribution is 2.24. The van der Waals surface area contributed by atoms with Gasteiger partial charge in [-0.15, -0.1) is 11.8 Å². The highest BCUT2D eigenvalue weighted by molar-refractivity contribution is 8.07. The molecule has 116 valence electrons. The number of aromatic nitrogens is 4. The largest absolute Gasteiger partial charge is 0.351 e. The van der Waals surface area contributed by atoms with Crippen LogP contribution in [0, 0.1) is 6.92 Å². The molecule has 0 aliphatic carbocycles. The number of hydrogen-bond acceptors (Lipinski definition) is 6. The first-order valence-electron chi connectivity index (χ1n) is 7.02. The number of aryl methyl sites for hydroxylation is 1. The number of nitrogens with one attached hydrogen (secondary N) is 1. The second-order valence-corrected chi connectivity index (χ2v) is 7.39. The summed E-state index contributed by atoms with van der Waals surface area (Å²) in [6.45, 7) is 2.38. The van der Waals surface area contributed by atoms with Gasteiger partial charge < -0.3 is 5.32 Å². The molecule has 0 spiro atoms. The molecule has 1 fully saturated rings. The maximum Gasteiger partial charge on any atom is 0.234 e. The summed E-state index contributed by atoms with van der Waals surface area (Å²) in [6.07, 6.45) is 3.09. The quantitative estimate of drug-likeness (QED) is 0.911. The van der Waals surface area contributed by atoms with Crippen molar-refractivity contribution in [2.45, 2.75) is 18.7 Å². The van der Waals surface area contributed by atoms with Gasteiger partial charge in [0.25, 0.3) is 0 Å². The van der Waals surface area contributed by atoms with Gasteiger partial charge in [0.05, 0.1) is 5.25 Å². The number of thioether (sulfide) groups is 2. The number of amides is 1. The van der Waals surface area contributed by atoms with Crippen LogP contribution in [-0.4, -0.2) is 48.2 Å². The van der Waals surface area contributed by atoms with E-state index in [-0.39, 0.29) is 11.2 Å². The van der Waals surface area contributed by atoms with E-state index in [1.807, 2.05) is 30.8 Å². The molecule has 2 aromatic rings. The van der Waals surface area contributed by atoms with E-state index in [9.17, 15) is 4.79 Å². The number of carbonyl (C=O) groups is 1. The summed E-state index contributed by atoms with van der Waals surface area (Å²) < 4.78 is 1.62. The molecule has 0 radical (unpaired) electrons. The zero-order chi connectivity index (χ0) is 15.4. The highest BCUT2D eigenvalue weighted by atomic mass is 32.2. The highest BCUT2D eigenvalue weighted by Gasteiger charge is 2.22. The van der Waals surface area contributed by atoms with Crippen LogP contribution in [0.25, 0.3) is 5.82 Å². The molecule has 6 nitrogen and oxygen atoms in total. The Morgan fingerprint density at radius 1 is 1.45 bits per heavy atom. The molecule has 3 rings (SSSR count). The van der Waals surface area contributed by atoms with E-state index in [0.29, 0.717) is 12.4 Å². The average molecular weight is 335 g/mol. The second-order valence-electron chi connectivity index (χ2n) is 4.93. The van der Waals surface area contributed by atoms with Crippen molar-refractivity contribution in [3.05, 3.63) is 36.0 Å². The molecule has 0 unspecified atom stereocenters. The zero-order valence-electron chi connectivity index (χ0n) is 12.2. The van der Waals surface area contributed by atoms with Crippen LogP contribution in [-0.2, 0) is 11.3 Å². The standard InChI is InChI=1S/C14H17N5OS2/c1-10-2-3-11(13(18-10)19-9-15-8-17-19)6-16-14(20)12-7-21-4-5-22-12/h2-3,8-9,12H,4-7H2,1H3,(H,16,20)/t12-/m1/s1. The van der Waals surface area contributed by atoms with Crippen molar-refractivity contribution < 1.29 is 4.79 Å². The summed E-state index contributed by atoms with van der Waals surface area (Å²) in [5.74, 6) is 3.87. The molecule has 3 heterocycles. The minimum atomic E-state index is 0.0481. The Hall–Kier alpha value is -1.54. The second kappa shape index (κ2) is 7.15. The summed E-state index contributed by atoms with van der Waals surface area (Å²) in [7, 11) is 0. The number of nitrogens with zero attached hydrogens (tertiary/aromatic N) is 4. The molecule has 1 atom stereocenters. The van der Waals surface area contributed by atoms with Gasteiger partial charge in [0.1, 0.15) is 12.7 Å². The van der Waals surface area contributed by atoms with Gasteiger partial charge in [-0.05, 0) is 13.0 Å². The van der Waals surface area contributed by atoms with Crippen LogP contribution in [0.1, 0.15) is 11.3 Å². The number of rotatable bonds is 4. The van der Waals surface area contributed by atoms with Gasteiger partial charge in [-0.1, -0.05) is 6.07 Å². The van der Waals surface area contributed by atoms with E-state index in [4.69, 9.17) is 0 Å². The summed E-state index contributed by atoms with van der Waals surface area (Å²) in [6, 6.07) is 3.91. The van der Waals surface area contributed by atoms with E-state index in [1.165, 1.54) is 6.33 Å². The minimum Gasteiger partial charge on any atom is -0.351 e. The first kappa shape index (κ1) is 15.4. The third-order valence-electron chi connectivity index (χ3n) is 3.29. The third-order valence-corrected chi connectivity index (χ3v) is 6.05. The maximum atomic E-state index is 12.2. The molecule has 22 heavy (non-hydrogen) atoms. The smallest absolute Gasteiger partial charge is 0.234 e. The van der Waals surface area contributed by atoms with Crippen molar-refractivity contribution in [2.24, 2.45) is 0 Å². The number of carbonyl (C=O) groups excluding carboxylic acids is 1. The topological polar surface area (TPSA) is 72.7 Å². The Morgan fingerprint density at radius 3 is 3.09 bits per heavy atom. The lowest BCUT2D eigenvalue weighted by molar-refractivity contribution is -0.120. The first-order chi connectivity index (χ1) is 10.7. The summed E-state index contributed by atoms with van der Waals surface area (Å²) in [4.78, 5) is 20.7. The van der Waals surface area contributed by atoms with Gasteiger partial charge in [0.2, 0.25) is 5.91 Å². The lowest BCUT2D eigenvalue weighted by atomic mass is 10.2. The van der Waals surface area contributed by atoms with Gasteiger partial charge >= 0.3 is 0 Å². The molecule has 2 aromatic heterocycles. The van der Waals surface area contributed by atoms with Crippen molar-refractivity contribution in [3.8, 4) is 5.82 Å². The molecule has 0 saturated carbocycles. The Kier molecular flexibility index (Phi) is 4.99. The van der Waals surface area contributed by atoms with Gasteiger partial charge in [-0.2, -0.15) is 16.9 Å². The summed E-state index contributed by atoms with van der Waals surface area (Å²) >= 11 is 3.57. The van der Waals surface area contributed by atoms with Crippen molar-refractivity contribution in [1.29, 1.82) is 0 Å². The van der Waals surface area contributed by atoms with Crippen molar-refractivity contribution >= 4 is 29.4 Å². The molecule has 0 aromatic carbocycles. The Morgan fingerprint density at radius 2 is 2.36 bits per heavy atom. The molecule has 1 aliphatic heterocycles. The van der Waals surface area contributed by atoms with E-state index in [0.717, 1.165) is 28.5 Å². The molecule has 1 N–H and O–H groups in total. The first-order valence-corrected chi connectivity index (χ1v) is 9.23. The lowest BCUT2D eigenvalue weighted by Crippen LogP contribution is -2.35. The molecular formula is C14H17N5OS2. The fourth-order valence-electron chi connectivity index (χ4n) is 2.16. The van der Waals surface area contributed by atoms with E-state index in [2.05, 4.69) is 20.4 Å². The van der Waals surface area contributed by atoms with Crippen LogP contribution in [0.2, 0.25) is 0 Å². The Labute approximate surface area is 137 Å². The molecular weight excluding hydrogens is 318 g/mol. The molecule has 1 amide bonds. The fourth-order valence-corrected chi connectivity index (χ4v) is 4.74.